The van der Waals surface area contributed by atoms with E-state index in [2.05, 4.69) is 4.98 Å². The molecule has 2 rings (SSSR count). The molecule has 0 amide bonds. The van der Waals surface area contributed by atoms with E-state index < -0.39 is 0 Å². The van der Waals surface area contributed by atoms with Gasteiger partial charge in [-0.3, -0.25) is 4.79 Å². The van der Waals surface area contributed by atoms with Crippen molar-refractivity contribution in [1.82, 2.24) is 4.98 Å². The molecule has 1 aliphatic heterocycles. The summed E-state index contributed by atoms with van der Waals surface area (Å²) in [5.41, 5.74) is 0.145. The minimum atomic E-state index is -0.359. The highest BCUT2D eigenvalue weighted by Gasteiger charge is 2.49. The third-order valence-electron chi connectivity index (χ3n) is 3.53. The van der Waals surface area contributed by atoms with Crippen LogP contribution in [0.25, 0.3) is 6.08 Å². The van der Waals surface area contributed by atoms with Crippen LogP contribution in [0.1, 0.15) is 33.3 Å². The molecule has 1 aromatic heterocycles. The highest BCUT2D eigenvalue weighted by atomic mass is 16.7. The van der Waals surface area contributed by atoms with E-state index in [9.17, 15) is 4.79 Å². The van der Waals surface area contributed by atoms with Gasteiger partial charge in [0.1, 0.15) is 0 Å². The van der Waals surface area contributed by atoms with E-state index in [1.807, 2.05) is 39.7 Å². The molecule has 0 aromatic carbocycles. The number of nitrogens with one attached hydrogen (secondary N) is 1. The molecular formula is C13H18BNO3. The Labute approximate surface area is 107 Å². The predicted octanol–water partition coefficient (Wildman–Crippen LogP) is 2.02. The first kappa shape index (κ1) is 13.1. The number of H-pyrrole nitrogens is 1. The second kappa shape index (κ2) is 4.41. The fourth-order valence-corrected chi connectivity index (χ4v) is 1.68. The van der Waals surface area contributed by atoms with E-state index in [1.54, 1.807) is 12.3 Å². The highest BCUT2D eigenvalue weighted by molar-refractivity contribution is 6.52. The summed E-state index contributed by atoms with van der Waals surface area (Å²) in [4.78, 5) is 13.5. The van der Waals surface area contributed by atoms with Crippen LogP contribution in [0.5, 0.6) is 0 Å². The predicted molar refractivity (Wildman–Crippen MR) is 72.2 cm³/mol. The molecule has 2 heterocycles. The molecule has 96 valence electrons. The molecule has 0 aliphatic carbocycles. The second-order valence-corrected chi connectivity index (χ2v) is 5.47. The summed E-state index contributed by atoms with van der Waals surface area (Å²) in [7, 11) is -0.359. The lowest BCUT2D eigenvalue weighted by Gasteiger charge is -2.32. The van der Waals surface area contributed by atoms with E-state index >= 15 is 0 Å². The summed E-state index contributed by atoms with van der Waals surface area (Å²) in [6.45, 7) is 8.06. The van der Waals surface area contributed by atoms with Gasteiger partial charge in [-0.15, -0.1) is 0 Å². The zero-order chi connectivity index (χ0) is 13.4. The van der Waals surface area contributed by atoms with Crippen LogP contribution in [-0.4, -0.2) is 23.3 Å². The Bertz CT molecular complexity index is 483. The zero-order valence-electron chi connectivity index (χ0n) is 11.2. The lowest BCUT2D eigenvalue weighted by molar-refractivity contribution is 0.00578. The summed E-state index contributed by atoms with van der Waals surface area (Å²) in [5, 5.41) is 0. The third-order valence-corrected chi connectivity index (χ3v) is 3.53. The first-order valence-electron chi connectivity index (χ1n) is 6.03. The number of hydrogen-bond acceptors (Lipinski definition) is 3. The normalized spacial score (nSPS) is 21.7. The van der Waals surface area contributed by atoms with E-state index in [0.717, 1.165) is 5.56 Å². The fourth-order valence-electron chi connectivity index (χ4n) is 1.68. The minimum absolute atomic E-state index is 0.109. The first-order chi connectivity index (χ1) is 8.30. The highest BCUT2D eigenvalue weighted by Crippen LogP contribution is 2.36. The largest absolute Gasteiger partial charge is 0.487 e. The van der Waals surface area contributed by atoms with Crippen molar-refractivity contribution in [3.05, 3.63) is 40.2 Å². The Morgan fingerprint density at radius 2 is 1.78 bits per heavy atom. The van der Waals surface area contributed by atoms with Crippen molar-refractivity contribution in [1.29, 1.82) is 0 Å². The van der Waals surface area contributed by atoms with Gasteiger partial charge in [-0.1, -0.05) is 12.1 Å². The van der Waals surface area contributed by atoms with Gasteiger partial charge in [0.15, 0.2) is 0 Å². The van der Waals surface area contributed by atoms with Crippen molar-refractivity contribution in [3.8, 4) is 0 Å². The van der Waals surface area contributed by atoms with Crippen molar-refractivity contribution >= 4 is 13.2 Å². The van der Waals surface area contributed by atoms with Crippen molar-refractivity contribution in [2.45, 2.75) is 38.9 Å². The Hall–Kier alpha value is -1.33. The summed E-state index contributed by atoms with van der Waals surface area (Å²) in [6, 6.07) is 3.24. The number of pyridine rings is 1. The molecule has 1 N–H and O–H groups in total. The van der Waals surface area contributed by atoms with Crippen molar-refractivity contribution in [2.75, 3.05) is 0 Å². The Morgan fingerprint density at radius 3 is 2.28 bits per heavy atom. The Kier molecular flexibility index (Phi) is 3.21. The van der Waals surface area contributed by atoms with Gasteiger partial charge >= 0.3 is 7.12 Å². The van der Waals surface area contributed by atoms with Gasteiger partial charge in [0.2, 0.25) is 5.56 Å². The van der Waals surface area contributed by atoms with E-state index in [4.69, 9.17) is 9.31 Å². The van der Waals surface area contributed by atoms with Gasteiger partial charge in [-0.2, -0.15) is 0 Å². The molecular weight excluding hydrogens is 229 g/mol. The maximum atomic E-state index is 10.9. The van der Waals surface area contributed by atoms with Crippen LogP contribution in [0.15, 0.2) is 29.1 Å². The first-order valence-corrected chi connectivity index (χ1v) is 6.03. The van der Waals surface area contributed by atoms with Crippen LogP contribution in [0.2, 0.25) is 0 Å². The number of aromatic amines is 1. The molecule has 0 radical (unpaired) electrons. The average Bonchev–Trinajstić information content (AvgIpc) is 2.47. The molecule has 4 nitrogen and oxygen atoms in total. The molecule has 1 aliphatic rings. The van der Waals surface area contributed by atoms with E-state index in [1.165, 1.54) is 6.07 Å². The lowest BCUT2D eigenvalue weighted by Crippen LogP contribution is -2.41. The van der Waals surface area contributed by atoms with Gasteiger partial charge < -0.3 is 14.3 Å². The van der Waals surface area contributed by atoms with Crippen molar-refractivity contribution < 1.29 is 9.31 Å². The zero-order valence-corrected chi connectivity index (χ0v) is 11.2. The van der Waals surface area contributed by atoms with Crippen LogP contribution in [-0.2, 0) is 9.31 Å². The smallest absolute Gasteiger partial charge is 0.400 e. The summed E-state index contributed by atoms with van der Waals surface area (Å²) in [6.07, 6.45) is 3.53. The SMILES string of the molecule is CC1(C)OB(/C=C/c2ccc(=O)[nH]c2)OC1(C)C. The summed E-state index contributed by atoms with van der Waals surface area (Å²) in [5.74, 6) is 1.85. The monoisotopic (exact) mass is 247 g/mol. The molecule has 0 spiro atoms. The van der Waals surface area contributed by atoms with E-state index in [0.29, 0.717) is 0 Å². The van der Waals surface area contributed by atoms with Gasteiger partial charge in [0, 0.05) is 12.3 Å². The standard InChI is InChI=1S/C13H18BNO3/c1-12(2)13(3,4)18-14(17-12)8-7-10-5-6-11(16)15-9-10/h5-9H,1-4H3,(H,15,16)/b8-7+. The van der Waals surface area contributed by atoms with Crippen molar-refractivity contribution in [2.24, 2.45) is 0 Å². The Morgan fingerprint density at radius 1 is 1.17 bits per heavy atom. The van der Waals surface area contributed by atoms with Gasteiger partial charge in [0.05, 0.1) is 11.2 Å². The molecule has 18 heavy (non-hydrogen) atoms. The van der Waals surface area contributed by atoms with Gasteiger partial charge in [-0.05, 0) is 39.3 Å². The van der Waals surface area contributed by atoms with Crippen LogP contribution < -0.4 is 5.56 Å². The van der Waals surface area contributed by atoms with Gasteiger partial charge in [-0.25, -0.2) is 0 Å². The molecule has 0 saturated carbocycles. The second-order valence-electron chi connectivity index (χ2n) is 5.47. The summed E-state index contributed by atoms with van der Waals surface area (Å²) < 4.78 is 11.7. The van der Waals surface area contributed by atoms with Crippen molar-refractivity contribution in [3.63, 3.8) is 0 Å². The average molecular weight is 247 g/mol. The van der Waals surface area contributed by atoms with E-state index in [-0.39, 0.29) is 23.9 Å². The van der Waals surface area contributed by atoms with Crippen LogP contribution in [0, 0.1) is 0 Å². The third kappa shape index (κ3) is 2.57. The quantitative estimate of drug-likeness (QED) is 0.813. The molecule has 1 fully saturated rings. The number of rotatable bonds is 2. The van der Waals surface area contributed by atoms with Crippen LogP contribution in [0.3, 0.4) is 0 Å². The number of hydrogen-bond donors (Lipinski definition) is 1. The number of aromatic nitrogens is 1. The Balaban J connectivity index is 2.08. The maximum Gasteiger partial charge on any atom is 0.487 e. The minimum Gasteiger partial charge on any atom is -0.400 e. The molecule has 1 saturated heterocycles. The molecule has 5 heteroatoms. The molecule has 0 unspecified atom stereocenters. The molecule has 1 aromatic rings. The van der Waals surface area contributed by atoms with Gasteiger partial charge in [0.25, 0.3) is 0 Å². The van der Waals surface area contributed by atoms with Crippen LogP contribution in [0.4, 0.5) is 0 Å². The van der Waals surface area contributed by atoms with Crippen LogP contribution >= 0.6 is 0 Å². The fraction of sp³-hybridized carbons (Fsp3) is 0.462. The molecule has 0 bridgehead atoms. The lowest BCUT2D eigenvalue weighted by atomic mass is 9.89. The topological polar surface area (TPSA) is 51.3 Å². The molecule has 0 atom stereocenters. The summed E-state index contributed by atoms with van der Waals surface area (Å²) >= 11 is 0. The maximum absolute atomic E-state index is 10.9.